The van der Waals surface area contributed by atoms with Crippen LogP contribution in [0.25, 0.3) is 0 Å². The zero-order valence-electron chi connectivity index (χ0n) is 7.25. The molecule has 1 atom stereocenters. The number of nitrogens with zero attached hydrogens (tertiary/aromatic N) is 2. The molecule has 1 fully saturated rings. The average Bonchev–Trinajstić information content (AvgIpc) is 2.12. The Morgan fingerprint density at radius 1 is 1.67 bits per heavy atom. The lowest BCUT2D eigenvalue weighted by atomic mass is 9.94. The molecule has 0 aliphatic carbocycles. The molecule has 2 aliphatic rings. The van der Waals surface area contributed by atoms with E-state index in [9.17, 15) is 0 Å². The predicted octanol–water partition coefficient (Wildman–Crippen LogP) is 1.07. The van der Waals surface area contributed by atoms with Crippen molar-refractivity contribution in [2.75, 3.05) is 13.6 Å². The molecule has 2 heterocycles. The van der Waals surface area contributed by atoms with E-state index in [-0.39, 0.29) is 0 Å². The van der Waals surface area contributed by atoms with E-state index < -0.39 is 0 Å². The van der Waals surface area contributed by atoms with E-state index in [0.717, 1.165) is 30.8 Å². The van der Waals surface area contributed by atoms with Gasteiger partial charge in [0.1, 0.15) is 0 Å². The van der Waals surface area contributed by atoms with E-state index in [4.69, 9.17) is 5.41 Å². The Hall–Kier alpha value is -0.960. The second-order valence-corrected chi connectivity index (χ2v) is 3.36. The summed E-state index contributed by atoms with van der Waals surface area (Å²) in [5.74, 6) is 0. The van der Waals surface area contributed by atoms with Gasteiger partial charge in [-0.25, -0.2) is 0 Å². The van der Waals surface area contributed by atoms with Crippen LogP contribution in [0.3, 0.4) is 0 Å². The maximum Gasteiger partial charge on any atom is 0.0785 e. The first-order valence-corrected chi connectivity index (χ1v) is 4.30. The van der Waals surface area contributed by atoms with Gasteiger partial charge in [-0.2, -0.15) is 0 Å². The topological polar surface area (TPSA) is 39.5 Å². The van der Waals surface area contributed by atoms with Gasteiger partial charge in [0.2, 0.25) is 0 Å². The van der Waals surface area contributed by atoms with Gasteiger partial charge in [0.25, 0.3) is 0 Å². The summed E-state index contributed by atoms with van der Waals surface area (Å²) < 4.78 is 0. The first-order chi connectivity index (χ1) is 5.79. The molecule has 0 saturated carbocycles. The predicted molar refractivity (Wildman–Crippen MR) is 50.0 cm³/mol. The van der Waals surface area contributed by atoms with E-state index >= 15 is 0 Å². The molecule has 2 rings (SSSR count). The van der Waals surface area contributed by atoms with Crippen molar-refractivity contribution in [2.24, 2.45) is 4.99 Å². The van der Waals surface area contributed by atoms with Crippen molar-refractivity contribution in [3.63, 3.8) is 0 Å². The number of nitrogens with one attached hydrogen (secondary N) is 1. The van der Waals surface area contributed by atoms with E-state index in [2.05, 4.69) is 23.0 Å². The zero-order valence-corrected chi connectivity index (χ0v) is 7.25. The number of likely N-dealkylation sites (tertiary alicyclic amines) is 1. The van der Waals surface area contributed by atoms with Crippen LogP contribution in [-0.2, 0) is 0 Å². The number of hydrogen-bond acceptors (Lipinski definition) is 3. The third-order valence-corrected chi connectivity index (χ3v) is 2.55. The Bertz CT molecular complexity index is 265. The van der Waals surface area contributed by atoms with Crippen LogP contribution in [0.1, 0.15) is 12.8 Å². The summed E-state index contributed by atoms with van der Waals surface area (Å²) >= 11 is 0. The molecule has 3 nitrogen and oxygen atoms in total. The summed E-state index contributed by atoms with van der Waals surface area (Å²) in [6.45, 7) is 0.996. The number of hydrogen-bond donors (Lipinski definition) is 1. The molecule has 0 radical (unpaired) electrons. The van der Waals surface area contributed by atoms with Crippen LogP contribution in [0.5, 0.6) is 0 Å². The van der Waals surface area contributed by atoms with Gasteiger partial charge in [-0.15, -0.1) is 0 Å². The van der Waals surface area contributed by atoms with Crippen LogP contribution in [0.15, 0.2) is 17.3 Å². The summed E-state index contributed by atoms with van der Waals surface area (Å²) in [4.78, 5) is 6.53. The molecular formula is C9H13N3. The minimum absolute atomic E-state index is 0.372. The lowest BCUT2D eigenvalue weighted by Gasteiger charge is -2.34. The molecule has 1 unspecified atom stereocenters. The number of aliphatic imine (C=N–C) groups is 1. The minimum Gasteiger partial charge on any atom is -0.303 e. The molecule has 0 bridgehead atoms. The molecule has 0 aromatic carbocycles. The molecule has 0 spiro atoms. The van der Waals surface area contributed by atoms with E-state index in [1.807, 2.05) is 6.20 Å². The van der Waals surface area contributed by atoms with Gasteiger partial charge >= 0.3 is 0 Å². The van der Waals surface area contributed by atoms with Crippen molar-refractivity contribution in [3.8, 4) is 0 Å². The highest BCUT2D eigenvalue weighted by atomic mass is 15.2. The van der Waals surface area contributed by atoms with Gasteiger partial charge in [0.05, 0.1) is 17.5 Å². The number of fused-ring (bicyclic) bond motifs is 1. The van der Waals surface area contributed by atoms with Crippen molar-refractivity contribution < 1.29 is 0 Å². The number of rotatable bonds is 0. The zero-order chi connectivity index (χ0) is 8.55. The Kier molecular flexibility index (Phi) is 1.81. The Morgan fingerprint density at radius 3 is 3.25 bits per heavy atom. The van der Waals surface area contributed by atoms with E-state index in [0.29, 0.717) is 6.04 Å². The van der Waals surface area contributed by atoms with E-state index in [1.54, 1.807) is 0 Å². The summed E-state index contributed by atoms with van der Waals surface area (Å²) in [5.41, 5.74) is 1.70. The summed E-state index contributed by atoms with van der Waals surface area (Å²) in [5, 5.41) is 7.71. The third-order valence-electron chi connectivity index (χ3n) is 2.55. The van der Waals surface area contributed by atoms with E-state index in [1.165, 1.54) is 0 Å². The Balaban J connectivity index is 2.29. The lowest BCUT2D eigenvalue weighted by Crippen LogP contribution is -2.48. The summed E-state index contributed by atoms with van der Waals surface area (Å²) in [7, 11) is 2.10. The molecule has 0 aromatic rings. The molecule has 0 amide bonds. The van der Waals surface area contributed by atoms with Gasteiger partial charge in [0.15, 0.2) is 0 Å². The molecule has 1 N–H and O–H groups in total. The maximum absolute atomic E-state index is 7.71. The smallest absolute Gasteiger partial charge is 0.0785 e. The van der Waals surface area contributed by atoms with Crippen molar-refractivity contribution in [2.45, 2.75) is 18.9 Å². The standard InChI is InChI=1S/C9H13N3/c1-12-6-4-7(10)9-8(12)3-2-5-11-9/h2,5,8,10H,3-4,6H2,1H3. The molecular weight excluding hydrogens is 150 g/mol. The second kappa shape index (κ2) is 2.83. The van der Waals surface area contributed by atoms with Gasteiger partial charge in [0, 0.05) is 19.2 Å². The average molecular weight is 163 g/mol. The van der Waals surface area contributed by atoms with Gasteiger partial charge in [-0.1, -0.05) is 6.08 Å². The highest BCUT2D eigenvalue weighted by molar-refractivity contribution is 6.43. The monoisotopic (exact) mass is 163 g/mol. The fraction of sp³-hybridized carbons (Fsp3) is 0.556. The van der Waals surface area contributed by atoms with Crippen LogP contribution < -0.4 is 0 Å². The minimum atomic E-state index is 0.372. The highest BCUT2D eigenvalue weighted by Crippen LogP contribution is 2.17. The first-order valence-electron chi connectivity index (χ1n) is 4.30. The SMILES string of the molecule is CN1CCC(=N)C2=NC=CCC21. The van der Waals surface area contributed by atoms with Gasteiger partial charge < -0.3 is 5.41 Å². The van der Waals surface area contributed by atoms with Crippen LogP contribution >= 0.6 is 0 Å². The Labute approximate surface area is 72.3 Å². The summed E-state index contributed by atoms with van der Waals surface area (Å²) in [6, 6.07) is 0.372. The third kappa shape index (κ3) is 1.10. The van der Waals surface area contributed by atoms with Crippen molar-refractivity contribution in [3.05, 3.63) is 12.3 Å². The lowest BCUT2D eigenvalue weighted by molar-refractivity contribution is 0.298. The van der Waals surface area contributed by atoms with Crippen LogP contribution in [0, 0.1) is 5.41 Å². The molecule has 64 valence electrons. The summed E-state index contributed by atoms with van der Waals surface area (Å²) in [6.07, 6.45) is 5.75. The van der Waals surface area contributed by atoms with Gasteiger partial charge in [-0.05, 0) is 13.5 Å². The fourth-order valence-electron chi connectivity index (χ4n) is 1.76. The molecule has 1 saturated heterocycles. The Morgan fingerprint density at radius 2 is 2.50 bits per heavy atom. The van der Waals surface area contributed by atoms with Gasteiger partial charge in [-0.3, -0.25) is 9.89 Å². The van der Waals surface area contributed by atoms with Crippen molar-refractivity contribution in [1.29, 1.82) is 5.41 Å². The molecule has 0 aromatic heterocycles. The van der Waals surface area contributed by atoms with Crippen molar-refractivity contribution in [1.82, 2.24) is 4.90 Å². The highest BCUT2D eigenvalue weighted by Gasteiger charge is 2.28. The first kappa shape index (κ1) is 7.68. The van der Waals surface area contributed by atoms with Crippen LogP contribution in [-0.4, -0.2) is 36.0 Å². The normalized spacial score (nSPS) is 29.9. The quantitative estimate of drug-likeness (QED) is 0.570. The van der Waals surface area contributed by atoms with Crippen molar-refractivity contribution >= 4 is 11.4 Å². The maximum atomic E-state index is 7.71. The number of piperidine rings is 1. The van der Waals surface area contributed by atoms with Crippen LogP contribution in [0.4, 0.5) is 0 Å². The fourth-order valence-corrected chi connectivity index (χ4v) is 1.76. The molecule has 2 aliphatic heterocycles. The largest absolute Gasteiger partial charge is 0.303 e. The van der Waals surface area contributed by atoms with Crippen LogP contribution in [0.2, 0.25) is 0 Å². The molecule has 12 heavy (non-hydrogen) atoms. The second-order valence-electron chi connectivity index (χ2n) is 3.36. The molecule has 3 heteroatoms.